The number of hydrogen-bond donors (Lipinski definition) is 0. The minimum Gasteiger partial charge on any atom is -0.497 e. The molecule has 1 fully saturated rings. The summed E-state index contributed by atoms with van der Waals surface area (Å²) in [5.74, 6) is 0.846. The zero-order valence-electron chi connectivity index (χ0n) is 21.2. The van der Waals surface area contributed by atoms with Crippen molar-refractivity contribution in [2.24, 2.45) is 5.92 Å². The van der Waals surface area contributed by atoms with Crippen molar-refractivity contribution in [3.63, 3.8) is 0 Å². The fourth-order valence-electron chi connectivity index (χ4n) is 4.40. The summed E-state index contributed by atoms with van der Waals surface area (Å²) in [5, 5.41) is 4.24. The van der Waals surface area contributed by atoms with E-state index >= 15 is 0 Å². The van der Waals surface area contributed by atoms with Crippen molar-refractivity contribution in [1.29, 1.82) is 0 Å². The summed E-state index contributed by atoms with van der Waals surface area (Å²) in [6, 6.07) is 17.1. The number of ether oxygens (including phenoxy) is 2. The summed E-state index contributed by atoms with van der Waals surface area (Å²) in [6.45, 7) is 6.55. The summed E-state index contributed by atoms with van der Waals surface area (Å²) in [5.41, 5.74) is 2.50. The molecule has 1 saturated heterocycles. The highest BCUT2D eigenvalue weighted by Gasteiger charge is 2.31. The molecule has 3 aromatic rings. The minimum absolute atomic E-state index is 0.0357. The smallest absolute Gasteiger partial charge is 0.254 e. The maximum absolute atomic E-state index is 13.5. The van der Waals surface area contributed by atoms with Gasteiger partial charge in [0, 0.05) is 37.6 Å². The number of carbonyl (C=O) groups excluding carboxylic acids is 2. The Kier molecular flexibility index (Phi) is 8.38. The van der Waals surface area contributed by atoms with Crippen LogP contribution in [0.4, 0.5) is 0 Å². The number of aromatic nitrogens is 2. The molecule has 0 spiro atoms. The van der Waals surface area contributed by atoms with E-state index < -0.39 is 0 Å². The molecule has 2 aromatic carbocycles. The first-order valence-corrected chi connectivity index (χ1v) is 12.3. The lowest BCUT2D eigenvalue weighted by molar-refractivity contribution is -0.132. The third kappa shape index (κ3) is 6.73. The van der Waals surface area contributed by atoms with Crippen molar-refractivity contribution >= 4 is 11.8 Å². The number of hydrogen-bond acceptors (Lipinski definition) is 5. The predicted octanol–water partition coefficient (Wildman–Crippen LogP) is 3.47. The molecule has 1 aliphatic heterocycles. The maximum Gasteiger partial charge on any atom is 0.254 e. The van der Waals surface area contributed by atoms with E-state index in [0.29, 0.717) is 44.3 Å². The van der Waals surface area contributed by atoms with Crippen LogP contribution in [0.3, 0.4) is 0 Å². The summed E-state index contributed by atoms with van der Waals surface area (Å²) in [6.07, 6.45) is 3.31. The zero-order valence-corrected chi connectivity index (χ0v) is 21.2. The van der Waals surface area contributed by atoms with Crippen LogP contribution in [0.2, 0.25) is 0 Å². The van der Waals surface area contributed by atoms with E-state index in [-0.39, 0.29) is 24.5 Å². The van der Waals surface area contributed by atoms with Gasteiger partial charge in [0.1, 0.15) is 12.3 Å². The van der Waals surface area contributed by atoms with Gasteiger partial charge in [0.15, 0.2) is 0 Å². The molecular weight excluding hydrogens is 456 g/mol. The highest BCUT2D eigenvalue weighted by atomic mass is 16.5. The van der Waals surface area contributed by atoms with Crippen LogP contribution in [0.25, 0.3) is 0 Å². The molecule has 0 aliphatic carbocycles. The first-order chi connectivity index (χ1) is 17.4. The summed E-state index contributed by atoms with van der Waals surface area (Å²) in [4.78, 5) is 30.1. The number of carbonyl (C=O) groups is 2. The van der Waals surface area contributed by atoms with E-state index in [0.717, 1.165) is 16.9 Å². The lowest BCUT2D eigenvalue weighted by atomic mass is 10.1. The second-order valence-corrected chi connectivity index (χ2v) is 9.57. The Labute approximate surface area is 212 Å². The van der Waals surface area contributed by atoms with E-state index in [9.17, 15) is 9.59 Å². The Morgan fingerprint density at radius 2 is 1.89 bits per heavy atom. The Balaban J connectivity index is 1.51. The van der Waals surface area contributed by atoms with E-state index in [2.05, 4.69) is 18.9 Å². The average molecular weight is 491 g/mol. The van der Waals surface area contributed by atoms with E-state index in [1.807, 2.05) is 64.3 Å². The zero-order chi connectivity index (χ0) is 25.5. The van der Waals surface area contributed by atoms with E-state index in [4.69, 9.17) is 9.47 Å². The third-order valence-corrected chi connectivity index (χ3v) is 6.10. The normalized spacial score (nSPS) is 16.3. The molecule has 8 heteroatoms. The van der Waals surface area contributed by atoms with Crippen LogP contribution >= 0.6 is 0 Å². The molecule has 0 N–H and O–H groups in total. The van der Waals surface area contributed by atoms with Gasteiger partial charge in [-0.2, -0.15) is 5.10 Å². The molecule has 1 aromatic heterocycles. The van der Waals surface area contributed by atoms with Crippen molar-refractivity contribution in [3.8, 4) is 5.75 Å². The Morgan fingerprint density at radius 3 is 2.64 bits per heavy atom. The van der Waals surface area contributed by atoms with Gasteiger partial charge in [-0.1, -0.05) is 38.1 Å². The fraction of sp³-hybridized carbons (Fsp3) is 0.393. The topological polar surface area (TPSA) is 76.9 Å². The molecule has 0 saturated carbocycles. The minimum atomic E-state index is -0.308. The van der Waals surface area contributed by atoms with Crippen LogP contribution in [0.15, 0.2) is 67.0 Å². The Bertz CT molecular complexity index is 1160. The van der Waals surface area contributed by atoms with Crippen LogP contribution in [0.1, 0.15) is 35.3 Å². The van der Waals surface area contributed by atoms with Crippen LogP contribution in [-0.2, 0) is 22.7 Å². The van der Waals surface area contributed by atoms with Gasteiger partial charge >= 0.3 is 0 Å². The molecule has 1 aliphatic rings. The number of methoxy groups -OCH3 is 1. The number of nitrogens with zero attached hydrogens (tertiary/aromatic N) is 4. The molecule has 4 rings (SSSR count). The maximum atomic E-state index is 13.5. The van der Waals surface area contributed by atoms with Crippen LogP contribution in [0.5, 0.6) is 5.75 Å². The molecule has 190 valence electrons. The van der Waals surface area contributed by atoms with Gasteiger partial charge in [0.2, 0.25) is 5.91 Å². The summed E-state index contributed by atoms with van der Waals surface area (Å²) >= 11 is 0. The van der Waals surface area contributed by atoms with Crippen LogP contribution in [-0.4, -0.2) is 70.8 Å². The first-order valence-electron chi connectivity index (χ1n) is 12.3. The molecule has 36 heavy (non-hydrogen) atoms. The van der Waals surface area contributed by atoms with Crippen molar-refractivity contribution < 1.29 is 19.1 Å². The van der Waals surface area contributed by atoms with Gasteiger partial charge in [0.25, 0.3) is 5.91 Å². The summed E-state index contributed by atoms with van der Waals surface area (Å²) in [7, 11) is 1.63. The van der Waals surface area contributed by atoms with E-state index in [1.165, 1.54) is 0 Å². The highest BCUT2D eigenvalue weighted by molar-refractivity contribution is 5.97. The predicted molar refractivity (Wildman–Crippen MR) is 137 cm³/mol. The number of benzene rings is 2. The van der Waals surface area contributed by atoms with Crippen molar-refractivity contribution in [3.05, 3.63) is 83.7 Å². The fourth-order valence-corrected chi connectivity index (χ4v) is 4.40. The van der Waals surface area contributed by atoms with E-state index in [1.54, 1.807) is 24.3 Å². The molecule has 2 heterocycles. The number of rotatable bonds is 9. The largest absolute Gasteiger partial charge is 0.497 e. The first kappa shape index (κ1) is 25.4. The third-order valence-electron chi connectivity index (χ3n) is 6.10. The van der Waals surface area contributed by atoms with Gasteiger partial charge in [0.05, 0.1) is 26.4 Å². The van der Waals surface area contributed by atoms with Crippen molar-refractivity contribution in [2.45, 2.75) is 33.1 Å². The van der Waals surface area contributed by atoms with Gasteiger partial charge in [-0.15, -0.1) is 0 Å². The standard InChI is InChI=1S/C28H34N4O4/c1-21(2)15-30-17-26(36-20-23-8-5-10-25(14-23)35-3)18-31(19-27(30)33)28(34)24-9-4-7-22(13-24)16-32-12-6-11-29-32/h4-14,21,26H,15-20H2,1-3H3. The molecule has 0 radical (unpaired) electrons. The summed E-state index contributed by atoms with van der Waals surface area (Å²) < 4.78 is 13.4. The van der Waals surface area contributed by atoms with Gasteiger partial charge in [-0.25, -0.2) is 0 Å². The van der Waals surface area contributed by atoms with Gasteiger partial charge < -0.3 is 19.3 Å². The highest BCUT2D eigenvalue weighted by Crippen LogP contribution is 2.18. The Hall–Kier alpha value is -3.65. The lowest BCUT2D eigenvalue weighted by Gasteiger charge is -2.26. The molecule has 1 unspecified atom stereocenters. The second-order valence-electron chi connectivity index (χ2n) is 9.57. The van der Waals surface area contributed by atoms with Gasteiger partial charge in [-0.3, -0.25) is 14.3 Å². The average Bonchev–Trinajstić information content (AvgIpc) is 3.33. The molecule has 8 nitrogen and oxygen atoms in total. The molecule has 0 bridgehead atoms. The van der Waals surface area contributed by atoms with Crippen LogP contribution < -0.4 is 4.74 Å². The van der Waals surface area contributed by atoms with Crippen molar-refractivity contribution in [2.75, 3.05) is 33.3 Å². The SMILES string of the molecule is COc1cccc(COC2CN(CC(C)C)C(=O)CN(C(=O)c3cccc(Cn4cccn4)c3)C2)c1. The molecular formula is C28H34N4O4. The lowest BCUT2D eigenvalue weighted by Crippen LogP contribution is -2.40. The molecule has 2 amide bonds. The second kappa shape index (κ2) is 11.9. The van der Waals surface area contributed by atoms with Crippen molar-refractivity contribution in [1.82, 2.24) is 19.6 Å². The molecule has 1 atom stereocenters. The Morgan fingerprint density at radius 1 is 1.08 bits per heavy atom. The monoisotopic (exact) mass is 490 g/mol. The number of amides is 2. The van der Waals surface area contributed by atoms with Crippen LogP contribution in [0, 0.1) is 5.92 Å². The quantitative estimate of drug-likeness (QED) is 0.459. The van der Waals surface area contributed by atoms with Gasteiger partial charge in [-0.05, 0) is 47.4 Å².